The van der Waals surface area contributed by atoms with Crippen LogP contribution in [0.1, 0.15) is 27.7 Å². The Hall–Kier alpha value is 0.540. The Balaban J connectivity index is 0. The molecule has 0 aromatic rings. The molecule has 0 saturated carbocycles. The van der Waals surface area contributed by atoms with Crippen LogP contribution in [0.3, 0.4) is 0 Å². The zero-order valence-corrected chi connectivity index (χ0v) is 9.37. The van der Waals surface area contributed by atoms with Crippen LogP contribution in [-0.4, -0.2) is 29.4 Å². The van der Waals surface area contributed by atoms with E-state index in [0.29, 0.717) is 12.1 Å². The van der Waals surface area contributed by atoms with E-state index < -0.39 is 0 Å². The third-order valence-electron chi connectivity index (χ3n) is 1.67. The molecular weight excluding hydrogens is 181 g/mol. The summed E-state index contributed by atoms with van der Waals surface area (Å²) in [6, 6.07) is 1.22. The molecule has 0 heterocycles. The minimum Gasteiger partial charge on any atom is -0.297 e. The first-order chi connectivity index (χ1) is 4.59. The highest BCUT2D eigenvalue weighted by molar-refractivity contribution is 6.18. The fourth-order valence-corrected chi connectivity index (χ4v) is 1.41. The molecule has 0 spiro atoms. The molecule has 0 amide bonds. The van der Waals surface area contributed by atoms with Crippen LogP contribution < -0.4 is 0 Å². The molecule has 0 aliphatic heterocycles. The van der Waals surface area contributed by atoms with Gasteiger partial charge in [0.15, 0.2) is 0 Å². The summed E-state index contributed by atoms with van der Waals surface area (Å²) in [4.78, 5) is 2.38. The van der Waals surface area contributed by atoms with Crippen LogP contribution in [0.25, 0.3) is 0 Å². The SMILES string of the molecule is CC(C)N(CCCl)C(C)C.Cl. The van der Waals surface area contributed by atoms with Crippen LogP contribution in [-0.2, 0) is 0 Å². The van der Waals surface area contributed by atoms with Gasteiger partial charge in [0.05, 0.1) is 0 Å². The standard InChI is InChI=1S/C8H18ClN.ClH/c1-7(2)10(6-5-9)8(3)4;/h7-8H,5-6H2,1-4H3;1H. The van der Waals surface area contributed by atoms with Gasteiger partial charge in [0.2, 0.25) is 0 Å². The largest absolute Gasteiger partial charge is 0.297 e. The Morgan fingerprint density at radius 1 is 1.09 bits per heavy atom. The van der Waals surface area contributed by atoms with Crippen molar-refractivity contribution < 1.29 is 0 Å². The number of hydrogen-bond donors (Lipinski definition) is 0. The monoisotopic (exact) mass is 199 g/mol. The summed E-state index contributed by atoms with van der Waals surface area (Å²) >= 11 is 5.64. The summed E-state index contributed by atoms with van der Waals surface area (Å²) < 4.78 is 0. The van der Waals surface area contributed by atoms with Gasteiger partial charge in [0.25, 0.3) is 0 Å². The van der Waals surface area contributed by atoms with E-state index in [9.17, 15) is 0 Å². The number of nitrogens with zero attached hydrogens (tertiary/aromatic N) is 1. The average molecular weight is 200 g/mol. The Bertz CT molecular complexity index is 76.2. The van der Waals surface area contributed by atoms with Gasteiger partial charge >= 0.3 is 0 Å². The predicted molar refractivity (Wildman–Crippen MR) is 54.9 cm³/mol. The van der Waals surface area contributed by atoms with Crippen LogP contribution in [0.5, 0.6) is 0 Å². The Morgan fingerprint density at radius 2 is 1.45 bits per heavy atom. The van der Waals surface area contributed by atoms with Crippen molar-refractivity contribution >= 4 is 24.0 Å². The van der Waals surface area contributed by atoms with Gasteiger partial charge in [0, 0.05) is 24.5 Å². The number of alkyl halides is 1. The summed E-state index contributed by atoms with van der Waals surface area (Å²) in [5, 5.41) is 0. The highest BCUT2D eigenvalue weighted by atomic mass is 35.5. The molecule has 0 aromatic carbocycles. The van der Waals surface area contributed by atoms with Gasteiger partial charge in [-0.05, 0) is 27.7 Å². The molecular formula is C8H19Cl2N. The Morgan fingerprint density at radius 3 is 1.55 bits per heavy atom. The van der Waals surface area contributed by atoms with Crippen molar-refractivity contribution in [3.05, 3.63) is 0 Å². The van der Waals surface area contributed by atoms with Gasteiger partial charge in [-0.2, -0.15) is 0 Å². The first-order valence-electron chi connectivity index (χ1n) is 3.91. The van der Waals surface area contributed by atoms with Crippen molar-refractivity contribution in [2.24, 2.45) is 0 Å². The van der Waals surface area contributed by atoms with Gasteiger partial charge < -0.3 is 0 Å². The van der Waals surface area contributed by atoms with Crippen LogP contribution >= 0.6 is 24.0 Å². The fourth-order valence-electron chi connectivity index (χ4n) is 1.21. The van der Waals surface area contributed by atoms with Crippen LogP contribution in [0.2, 0.25) is 0 Å². The molecule has 0 bridgehead atoms. The summed E-state index contributed by atoms with van der Waals surface area (Å²) in [7, 11) is 0. The summed E-state index contributed by atoms with van der Waals surface area (Å²) in [5.41, 5.74) is 0. The first kappa shape index (κ1) is 14.1. The van der Waals surface area contributed by atoms with E-state index in [4.69, 9.17) is 11.6 Å². The third kappa shape index (κ3) is 5.77. The van der Waals surface area contributed by atoms with Gasteiger partial charge in [-0.3, -0.25) is 4.90 Å². The molecule has 0 radical (unpaired) electrons. The van der Waals surface area contributed by atoms with E-state index in [-0.39, 0.29) is 12.4 Å². The third-order valence-corrected chi connectivity index (χ3v) is 1.84. The van der Waals surface area contributed by atoms with Gasteiger partial charge in [-0.15, -0.1) is 24.0 Å². The smallest absolute Gasteiger partial charge is 0.0351 e. The van der Waals surface area contributed by atoms with E-state index in [1.807, 2.05) is 0 Å². The molecule has 0 aliphatic carbocycles. The van der Waals surface area contributed by atoms with E-state index in [2.05, 4.69) is 32.6 Å². The van der Waals surface area contributed by atoms with Crippen molar-refractivity contribution in [2.45, 2.75) is 39.8 Å². The van der Waals surface area contributed by atoms with E-state index in [1.165, 1.54) is 0 Å². The second-order valence-electron chi connectivity index (χ2n) is 3.11. The van der Waals surface area contributed by atoms with Crippen molar-refractivity contribution in [1.82, 2.24) is 4.90 Å². The summed E-state index contributed by atoms with van der Waals surface area (Å²) in [6.07, 6.45) is 0. The van der Waals surface area contributed by atoms with Crippen LogP contribution in [0.4, 0.5) is 0 Å². The van der Waals surface area contributed by atoms with Crippen molar-refractivity contribution in [3.8, 4) is 0 Å². The molecule has 0 aromatic heterocycles. The lowest BCUT2D eigenvalue weighted by Gasteiger charge is -2.29. The molecule has 70 valence electrons. The lowest BCUT2D eigenvalue weighted by molar-refractivity contribution is 0.187. The molecule has 0 aliphatic rings. The molecule has 0 saturated heterocycles. The molecule has 1 nitrogen and oxygen atoms in total. The normalized spacial score (nSPS) is 10.9. The molecule has 0 fully saturated rings. The summed E-state index contributed by atoms with van der Waals surface area (Å²) in [6.45, 7) is 9.80. The van der Waals surface area contributed by atoms with Crippen molar-refractivity contribution in [3.63, 3.8) is 0 Å². The minimum absolute atomic E-state index is 0. The van der Waals surface area contributed by atoms with Crippen LogP contribution in [0, 0.1) is 0 Å². The maximum Gasteiger partial charge on any atom is 0.0351 e. The topological polar surface area (TPSA) is 3.24 Å². The van der Waals surface area contributed by atoms with E-state index >= 15 is 0 Å². The minimum atomic E-state index is 0. The maximum atomic E-state index is 5.64. The fraction of sp³-hybridized carbons (Fsp3) is 1.00. The van der Waals surface area contributed by atoms with Crippen molar-refractivity contribution in [1.29, 1.82) is 0 Å². The highest BCUT2D eigenvalue weighted by Gasteiger charge is 2.10. The lowest BCUT2D eigenvalue weighted by atomic mass is 10.2. The number of hydrogen-bond acceptors (Lipinski definition) is 1. The van der Waals surface area contributed by atoms with Crippen molar-refractivity contribution in [2.75, 3.05) is 12.4 Å². The quantitative estimate of drug-likeness (QED) is 0.630. The van der Waals surface area contributed by atoms with Gasteiger partial charge in [0.1, 0.15) is 0 Å². The Labute approximate surface area is 81.5 Å². The first-order valence-corrected chi connectivity index (χ1v) is 4.44. The van der Waals surface area contributed by atoms with Crippen LogP contribution in [0.15, 0.2) is 0 Å². The average Bonchev–Trinajstić information content (AvgIpc) is 1.81. The second-order valence-corrected chi connectivity index (χ2v) is 3.49. The molecule has 0 N–H and O–H groups in total. The number of rotatable bonds is 4. The van der Waals surface area contributed by atoms with E-state index in [1.54, 1.807) is 0 Å². The number of halogens is 2. The molecule has 0 rings (SSSR count). The molecule has 3 heteroatoms. The van der Waals surface area contributed by atoms with Gasteiger partial charge in [-0.1, -0.05) is 0 Å². The predicted octanol–water partition coefficient (Wildman–Crippen LogP) is 2.77. The second kappa shape index (κ2) is 7.20. The maximum absolute atomic E-state index is 5.64. The molecule has 0 atom stereocenters. The zero-order valence-electron chi connectivity index (χ0n) is 7.80. The zero-order chi connectivity index (χ0) is 8.15. The molecule has 11 heavy (non-hydrogen) atoms. The lowest BCUT2D eigenvalue weighted by Crippen LogP contribution is -2.38. The molecule has 0 unspecified atom stereocenters. The van der Waals surface area contributed by atoms with E-state index in [0.717, 1.165) is 12.4 Å². The Kier molecular flexibility index (Phi) is 9.22. The summed E-state index contributed by atoms with van der Waals surface area (Å²) in [5.74, 6) is 0.732. The van der Waals surface area contributed by atoms with Gasteiger partial charge in [-0.25, -0.2) is 0 Å². The highest BCUT2D eigenvalue weighted by Crippen LogP contribution is 2.03.